The molecule has 4 N–H and O–H groups in total. The van der Waals surface area contributed by atoms with Crippen LogP contribution in [0.2, 0.25) is 0 Å². The number of carbonyl (C=O) groups is 1. The zero-order chi connectivity index (χ0) is 17.6. The first kappa shape index (κ1) is 21.9. The smallest absolute Gasteiger partial charge is 0.251 e. The molecule has 25 heavy (non-hydrogen) atoms. The average Bonchev–Trinajstić information content (AvgIpc) is 3.02. The molecular formula is C16H26ClN3O4S. The molecule has 2 unspecified atom stereocenters. The fraction of sp³-hybridized carbons (Fsp3) is 0.562. The number of methoxy groups -OCH3 is 1. The molecule has 1 amide bonds. The normalized spacial score (nSPS) is 20.1. The number of benzene rings is 1. The predicted molar refractivity (Wildman–Crippen MR) is 98.4 cm³/mol. The van der Waals surface area contributed by atoms with E-state index in [1.54, 1.807) is 12.1 Å². The van der Waals surface area contributed by atoms with E-state index in [4.69, 9.17) is 10.5 Å². The lowest BCUT2D eigenvalue weighted by Gasteiger charge is -2.19. The van der Waals surface area contributed by atoms with Gasteiger partial charge in [-0.2, -0.15) is 0 Å². The van der Waals surface area contributed by atoms with E-state index in [1.807, 2.05) is 0 Å². The van der Waals surface area contributed by atoms with E-state index in [0.29, 0.717) is 12.1 Å². The van der Waals surface area contributed by atoms with Crippen LogP contribution in [0.15, 0.2) is 29.2 Å². The molecule has 142 valence electrons. The van der Waals surface area contributed by atoms with Crippen molar-refractivity contribution < 1.29 is 17.9 Å². The van der Waals surface area contributed by atoms with Gasteiger partial charge in [0.25, 0.3) is 5.91 Å². The number of hydrogen-bond acceptors (Lipinski definition) is 5. The number of rotatable bonds is 8. The fourth-order valence-electron chi connectivity index (χ4n) is 2.93. The average molecular weight is 392 g/mol. The van der Waals surface area contributed by atoms with Gasteiger partial charge in [0.2, 0.25) is 10.0 Å². The maximum absolute atomic E-state index is 12.4. The zero-order valence-electron chi connectivity index (χ0n) is 14.2. The summed E-state index contributed by atoms with van der Waals surface area (Å²) in [7, 11) is -2.16. The summed E-state index contributed by atoms with van der Waals surface area (Å²) in [6, 6.07) is 6.08. The van der Waals surface area contributed by atoms with Crippen LogP contribution in [0.5, 0.6) is 0 Å². The van der Waals surface area contributed by atoms with Crippen LogP contribution in [0.4, 0.5) is 0 Å². The largest absolute Gasteiger partial charge is 0.383 e. The highest BCUT2D eigenvalue weighted by Gasteiger charge is 2.27. The number of nitrogens with two attached hydrogens (primary N) is 1. The molecule has 0 radical (unpaired) electrons. The van der Waals surface area contributed by atoms with Gasteiger partial charge >= 0.3 is 0 Å². The fourth-order valence-corrected chi connectivity index (χ4v) is 3.99. The van der Waals surface area contributed by atoms with Crippen LogP contribution in [-0.2, 0) is 14.8 Å². The molecule has 2 atom stereocenters. The molecule has 0 heterocycles. The number of ether oxygens (including phenoxy) is 1. The predicted octanol–water partition coefficient (Wildman–Crippen LogP) is 0.890. The third kappa shape index (κ3) is 5.93. The van der Waals surface area contributed by atoms with Gasteiger partial charge in [-0.1, -0.05) is 12.5 Å². The minimum atomic E-state index is -3.66. The van der Waals surface area contributed by atoms with Crippen molar-refractivity contribution in [2.75, 3.05) is 26.8 Å². The van der Waals surface area contributed by atoms with Gasteiger partial charge in [0, 0.05) is 25.3 Å². The maximum atomic E-state index is 12.4. The van der Waals surface area contributed by atoms with E-state index < -0.39 is 10.0 Å². The highest BCUT2D eigenvalue weighted by atomic mass is 35.5. The van der Waals surface area contributed by atoms with Crippen molar-refractivity contribution in [1.29, 1.82) is 0 Å². The quantitative estimate of drug-likeness (QED) is 0.570. The molecule has 1 aromatic carbocycles. The molecule has 0 aliphatic heterocycles. The molecule has 0 aromatic heterocycles. The number of halogens is 1. The van der Waals surface area contributed by atoms with Crippen LogP contribution in [0.25, 0.3) is 0 Å². The van der Waals surface area contributed by atoms with Gasteiger partial charge in [-0.25, -0.2) is 13.1 Å². The second-order valence-corrected chi connectivity index (χ2v) is 7.69. The van der Waals surface area contributed by atoms with E-state index >= 15 is 0 Å². The summed E-state index contributed by atoms with van der Waals surface area (Å²) in [5.41, 5.74) is 6.05. The van der Waals surface area contributed by atoms with Crippen LogP contribution in [-0.4, -0.2) is 47.2 Å². The third-order valence-corrected chi connectivity index (χ3v) is 5.74. The molecule has 2 rings (SSSR count). The lowest BCUT2D eigenvalue weighted by Crippen LogP contribution is -2.39. The van der Waals surface area contributed by atoms with Crippen molar-refractivity contribution in [3.05, 3.63) is 29.8 Å². The Labute approximate surface area is 155 Å². The Morgan fingerprint density at radius 1 is 1.36 bits per heavy atom. The standard InChI is InChI=1S/C16H25N3O4S.ClH/c1-23-9-8-18-24(21,22)14-6-2-4-12(10-14)16(20)19-15-7-3-5-13(15)11-17;/h2,4,6,10,13,15,18H,3,5,7-9,11,17H2,1H3,(H,19,20);1H. The number of nitrogens with one attached hydrogen (secondary N) is 2. The number of carbonyl (C=O) groups excluding carboxylic acids is 1. The summed E-state index contributed by atoms with van der Waals surface area (Å²) in [4.78, 5) is 12.5. The molecule has 1 saturated carbocycles. The Hall–Kier alpha value is -1.19. The van der Waals surface area contributed by atoms with Gasteiger partial charge < -0.3 is 15.8 Å². The topological polar surface area (TPSA) is 111 Å². The van der Waals surface area contributed by atoms with Crippen LogP contribution < -0.4 is 15.8 Å². The zero-order valence-corrected chi connectivity index (χ0v) is 15.9. The van der Waals surface area contributed by atoms with Crippen LogP contribution in [0, 0.1) is 5.92 Å². The Morgan fingerprint density at radius 3 is 2.80 bits per heavy atom. The number of sulfonamides is 1. The molecule has 7 nitrogen and oxygen atoms in total. The molecule has 1 fully saturated rings. The van der Waals surface area contributed by atoms with E-state index in [2.05, 4.69) is 10.0 Å². The van der Waals surface area contributed by atoms with Gasteiger partial charge in [0.15, 0.2) is 0 Å². The van der Waals surface area contributed by atoms with Gasteiger partial charge in [0.05, 0.1) is 11.5 Å². The minimum Gasteiger partial charge on any atom is -0.383 e. The Kier molecular flexibility index (Phi) is 8.81. The van der Waals surface area contributed by atoms with Crippen LogP contribution in [0.3, 0.4) is 0 Å². The summed E-state index contributed by atoms with van der Waals surface area (Å²) in [6.45, 7) is 1.000. The summed E-state index contributed by atoms with van der Waals surface area (Å²) in [5.74, 6) is 0.0193. The summed E-state index contributed by atoms with van der Waals surface area (Å²) >= 11 is 0. The second kappa shape index (κ2) is 10.1. The van der Waals surface area contributed by atoms with E-state index in [9.17, 15) is 13.2 Å². The van der Waals surface area contributed by atoms with Gasteiger partial charge in [-0.05, 0) is 43.5 Å². The molecular weight excluding hydrogens is 366 g/mol. The Morgan fingerprint density at radius 2 is 2.12 bits per heavy atom. The highest BCUT2D eigenvalue weighted by molar-refractivity contribution is 7.89. The lowest BCUT2D eigenvalue weighted by molar-refractivity contribution is 0.0928. The SMILES string of the molecule is COCCNS(=O)(=O)c1cccc(C(=O)NC2CCCC2CN)c1.Cl. The van der Waals surface area contributed by atoms with Crippen molar-refractivity contribution in [3.63, 3.8) is 0 Å². The molecule has 1 aromatic rings. The molecule has 1 aliphatic carbocycles. The second-order valence-electron chi connectivity index (χ2n) is 5.93. The molecule has 0 spiro atoms. The van der Waals surface area contributed by atoms with Gasteiger partial charge in [-0.3, -0.25) is 4.79 Å². The van der Waals surface area contributed by atoms with Crippen molar-refractivity contribution in [3.8, 4) is 0 Å². The van der Waals surface area contributed by atoms with E-state index in [-0.39, 0.29) is 48.3 Å². The summed E-state index contributed by atoms with van der Waals surface area (Å²) in [6.07, 6.45) is 2.97. The van der Waals surface area contributed by atoms with Crippen molar-refractivity contribution in [1.82, 2.24) is 10.0 Å². The first-order valence-electron chi connectivity index (χ1n) is 8.07. The Balaban J connectivity index is 0.00000312. The lowest BCUT2D eigenvalue weighted by atomic mass is 10.0. The summed E-state index contributed by atoms with van der Waals surface area (Å²) in [5, 5.41) is 2.97. The monoisotopic (exact) mass is 391 g/mol. The molecule has 1 aliphatic rings. The van der Waals surface area contributed by atoms with Gasteiger partial charge in [-0.15, -0.1) is 12.4 Å². The number of hydrogen-bond donors (Lipinski definition) is 3. The summed E-state index contributed by atoms with van der Waals surface area (Å²) < 4.78 is 31.7. The molecule has 0 saturated heterocycles. The third-order valence-electron chi connectivity index (χ3n) is 4.28. The first-order valence-corrected chi connectivity index (χ1v) is 9.56. The first-order chi connectivity index (χ1) is 11.5. The van der Waals surface area contributed by atoms with E-state index in [0.717, 1.165) is 19.3 Å². The maximum Gasteiger partial charge on any atom is 0.251 e. The highest BCUT2D eigenvalue weighted by Crippen LogP contribution is 2.25. The number of amides is 1. The van der Waals surface area contributed by atoms with Crippen LogP contribution >= 0.6 is 12.4 Å². The minimum absolute atomic E-state index is 0. The molecule has 9 heteroatoms. The Bertz CT molecular complexity index is 669. The van der Waals surface area contributed by atoms with Crippen molar-refractivity contribution >= 4 is 28.3 Å². The van der Waals surface area contributed by atoms with Crippen molar-refractivity contribution in [2.24, 2.45) is 11.7 Å². The van der Waals surface area contributed by atoms with E-state index in [1.165, 1.54) is 19.2 Å². The van der Waals surface area contributed by atoms with Crippen molar-refractivity contribution in [2.45, 2.75) is 30.2 Å². The molecule has 0 bridgehead atoms. The van der Waals surface area contributed by atoms with Gasteiger partial charge in [0.1, 0.15) is 0 Å². The van der Waals surface area contributed by atoms with Crippen LogP contribution in [0.1, 0.15) is 29.6 Å².